The smallest absolute Gasteiger partial charge is 0.331 e. The van der Waals surface area contributed by atoms with Gasteiger partial charge in [-0.1, -0.05) is 6.07 Å². The number of hydrogen-bond acceptors (Lipinski definition) is 4. The minimum Gasteiger partial charge on any atom is -0.487 e. The molecule has 0 aliphatic rings. The fraction of sp³-hybridized carbons (Fsp3) is 0.333. The van der Waals surface area contributed by atoms with Crippen LogP contribution in [0.5, 0.6) is 5.75 Å². The Morgan fingerprint density at radius 1 is 1.16 bits per heavy atom. The molecule has 0 aliphatic carbocycles. The van der Waals surface area contributed by atoms with Crippen LogP contribution in [0.25, 0.3) is 6.08 Å². The van der Waals surface area contributed by atoms with Gasteiger partial charge in [-0.05, 0) is 76.1 Å². The normalized spacial score (nSPS) is 11.6. The summed E-state index contributed by atoms with van der Waals surface area (Å²) in [5, 5.41) is 0. The van der Waals surface area contributed by atoms with Crippen molar-refractivity contribution in [1.82, 2.24) is 4.98 Å². The van der Waals surface area contributed by atoms with Gasteiger partial charge in [-0.25, -0.2) is 4.79 Å². The van der Waals surface area contributed by atoms with Gasteiger partial charge in [-0.3, -0.25) is 4.98 Å². The number of esters is 1. The van der Waals surface area contributed by atoms with Crippen molar-refractivity contribution in [2.45, 2.75) is 46.8 Å². The van der Waals surface area contributed by atoms with Crippen molar-refractivity contribution in [2.75, 3.05) is 0 Å². The minimum atomic E-state index is -0.511. The first-order valence-corrected chi connectivity index (χ1v) is 8.29. The molecule has 1 heterocycles. The number of benzene rings is 1. The summed E-state index contributed by atoms with van der Waals surface area (Å²) in [5.74, 6) is 0.343. The molecule has 0 spiro atoms. The Morgan fingerprint density at radius 2 is 1.88 bits per heavy atom. The van der Waals surface area contributed by atoms with Crippen LogP contribution in [0.4, 0.5) is 0 Å². The van der Waals surface area contributed by atoms with Gasteiger partial charge in [0.1, 0.15) is 18.0 Å². The van der Waals surface area contributed by atoms with E-state index in [1.54, 1.807) is 12.3 Å². The van der Waals surface area contributed by atoms with Gasteiger partial charge in [0.15, 0.2) is 0 Å². The molecule has 4 heteroatoms. The van der Waals surface area contributed by atoms with E-state index >= 15 is 0 Å². The summed E-state index contributed by atoms with van der Waals surface area (Å²) in [5.41, 5.74) is 3.44. The average molecular weight is 339 g/mol. The number of pyridine rings is 1. The molecule has 4 nitrogen and oxygen atoms in total. The maximum absolute atomic E-state index is 11.9. The van der Waals surface area contributed by atoms with Crippen molar-refractivity contribution in [3.63, 3.8) is 0 Å². The zero-order chi connectivity index (χ0) is 18.4. The molecule has 0 atom stereocenters. The Labute approximate surface area is 149 Å². The van der Waals surface area contributed by atoms with Crippen molar-refractivity contribution < 1.29 is 14.3 Å². The zero-order valence-corrected chi connectivity index (χ0v) is 15.5. The largest absolute Gasteiger partial charge is 0.487 e. The lowest BCUT2D eigenvalue weighted by Gasteiger charge is -2.18. The number of carbonyl (C=O) groups excluding carboxylic acids is 1. The lowest BCUT2D eigenvalue weighted by molar-refractivity contribution is -0.148. The van der Waals surface area contributed by atoms with Crippen LogP contribution in [0, 0.1) is 13.8 Å². The van der Waals surface area contributed by atoms with Gasteiger partial charge >= 0.3 is 5.97 Å². The summed E-state index contributed by atoms with van der Waals surface area (Å²) in [6.45, 7) is 9.96. The van der Waals surface area contributed by atoms with Crippen LogP contribution >= 0.6 is 0 Å². The molecule has 0 saturated carbocycles. The van der Waals surface area contributed by atoms with Crippen molar-refractivity contribution in [2.24, 2.45) is 0 Å². The Hall–Kier alpha value is -2.62. The molecule has 0 fully saturated rings. The number of aromatic nitrogens is 1. The van der Waals surface area contributed by atoms with E-state index in [-0.39, 0.29) is 5.97 Å². The maximum Gasteiger partial charge on any atom is 0.331 e. The molecule has 0 N–H and O–H groups in total. The standard InChI is InChI=1S/C21H25NO3/c1-15-12-17(9-10-20(23)25-21(3,4)5)19(13-16(15)2)24-14-18-8-6-7-11-22-18/h6-13H,14H2,1-5H3/b10-9+. The van der Waals surface area contributed by atoms with Gasteiger partial charge < -0.3 is 9.47 Å². The van der Waals surface area contributed by atoms with Crippen molar-refractivity contribution >= 4 is 12.0 Å². The van der Waals surface area contributed by atoms with E-state index in [2.05, 4.69) is 4.98 Å². The van der Waals surface area contributed by atoms with E-state index in [4.69, 9.17) is 9.47 Å². The van der Waals surface area contributed by atoms with E-state index < -0.39 is 5.60 Å². The molecular formula is C21H25NO3. The fourth-order valence-corrected chi connectivity index (χ4v) is 2.20. The van der Waals surface area contributed by atoms with Crippen LogP contribution in [0.15, 0.2) is 42.6 Å². The Kier molecular flexibility index (Phi) is 5.97. The number of rotatable bonds is 5. The highest BCUT2D eigenvalue weighted by molar-refractivity contribution is 5.88. The fourth-order valence-electron chi connectivity index (χ4n) is 2.20. The van der Waals surface area contributed by atoms with Crippen molar-refractivity contribution in [3.05, 3.63) is 65.0 Å². The van der Waals surface area contributed by atoms with Crippen LogP contribution < -0.4 is 4.74 Å². The lowest BCUT2D eigenvalue weighted by atomic mass is 10.0. The van der Waals surface area contributed by atoms with E-state index in [1.807, 2.05) is 65.0 Å². The average Bonchev–Trinajstić information content (AvgIpc) is 2.53. The highest BCUT2D eigenvalue weighted by atomic mass is 16.6. The minimum absolute atomic E-state index is 0.372. The highest BCUT2D eigenvalue weighted by Crippen LogP contribution is 2.25. The van der Waals surface area contributed by atoms with Gasteiger partial charge in [-0.2, -0.15) is 0 Å². The third kappa shape index (κ3) is 6.07. The molecule has 25 heavy (non-hydrogen) atoms. The van der Waals surface area contributed by atoms with Gasteiger partial charge in [-0.15, -0.1) is 0 Å². The first-order chi connectivity index (χ1) is 11.7. The molecule has 1 aromatic carbocycles. The second-order valence-corrected chi connectivity index (χ2v) is 6.95. The predicted octanol–water partition coefficient (Wildman–Crippen LogP) is 4.63. The molecule has 0 unspecified atom stereocenters. The molecule has 0 amide bonds. The van der Waals surface area contributed by atoms with Gasteiger partial charge in [0.25, 0.3) is 0 Å². The van der Waals surface area contributed by atoms with Crippen molar-refractivity contribution in [3.8, 4) is 5.75 Å². The molecular weight excluding hydrogens is 314 g/mol. The molecule has 0 saturated heterocycles. The Bertz CT molecular complexity index is 759. The summed E-state index contributed by atoms with van der Waals surface area (Å²) in [6, 6.07) is 9.69. The first kappa shape index (κ1) is 18.7. The number of nitrogens with zero attached hydrogens (tertiary/aromatic N) is 1. The van der Waals surface area contributed by atoms with Gasteiger partial charge in [0.05, 0.1) is 5.69 Å². The van der Waals surface area contributed by atoms with Gasteiger partial charge in [0, 0.05) is 17.8 Å². The Morgan fingerprint density at radius 3 is 2.52 bits per heavy atom. The van der Waals surface area contributed by atoms with E-state index in [9.17, 15) is 4.79 Å². The third-order valence-corrected chi connectivity index (χ3v) is 3.53. The molecule has 0 aliphatic heterocycles. The molecule has 1 aromatic heterocycles. The summed E-state index contributed by atoms with van der Waals surface area (Å²) >= 11 is 0. The topological polar surface area (TPSA) is 48.4 Å². The SMILES string of the molecule is Cc1cc(/C=C/C(=O)OC(C)(C)C)c(OCc2ccccn2)cc1C. The van der Waals surface area contributed by atoms with Crippen LogP contribution in [0.1, 0.15) is 43.2 Å². The predicted molar refractivity (Wildman–Crippen MR) is 99.4 cm³/mol. The third-order valence-electron chi connectivity index (χ3n) is 3.53. The maximum atomic E-state index is 11.9. The highest BCUT2D eigenvalue weighted by Gasteiger charge is 2.14. The van der Waals surface area contributed by atoms with Crippen LogP contribution in [-0.2, 0) is 16.1 Å². The molecule has 0 radical (unpaired) electrons. The van der Waals surface area contributed by atoms with Crippen LogP contribution in [-0.4, -0.2) is 16.6 Å². The lowest BCUT2D eigenvalue weighted by Crippen LogP contribution is -2.22. The molecule has 132 valence electrons. The van der Waals surface area contributed by atoms with E-state index in [0.717, 1.165) is 22.4 Å². The second kappa shape index (κ2) is 7.97. The molecule has 0 bridgehead atoms. The Balaban J connectivity index is 2.18. The summed E-state index contributed by atoms with van der Waals surface area (Å²) in [4.78, 5) is 16.2. The van der Waals surface area contributed by atoms with Gasteiger partial charge in [0.2, 0.25) is 0 Å². The summed E-state index contributed by atoms with van der Waals surface area (Å²) in [7, 11) is 0. The molecule has 2 rings (SSSR count). The number of aryl methyl sites for hydroxylation is 2. The zero-order valence-electron chi connectivity index (χ0n) is 15.5. The monoisotopic (exact) mass is 339 g/mol. The second-order valence-electron chi connectivity index (χ2n) is 6.95. The summed E-state index contributed by atoms with van der Waals surface area (Å²) < 4.78 is 11.2. The van der Waals surface area contributed by atoms with Crippen LogP contribution in [0.2, 0.25) is 0 Å². The number of carbonyl (C=O) groups is 1. The summed E-state index contributed by atoms with van der Waals surface area (Å²) in [6.07, 6.45) is 4.90. The van der Waals surface area contributed by atoms with Crippen LogP contribution in [0.3, 0.4) is 0 Å². The number of ether oxygens (including phenoxy) is 2. The quantitative estimate of drug-likeness (QED) is 0.588. The first-order valence-electron chi connectivity index (χ1n) is 8.29. The molecule has 2 aromatic rings. The van der Waals surface area contributed by atoms with E-state index in [0.29, 0.717) is 12.4 Å². The van der Waals surface area contributed by atoms with Crippen molar-refractivity contribution in [1.29, 1.82) is 0 Å². The number of hydrogen-bond donors (Lipinski definition) is 0. The van der Waals surface area contributed by atoms with E-state index in [1.165, 1.54) is 6.08 Å².